The summed E-state index contributed by atoms with van der Waals surface area (Å²) in [6.07, 6.45) is -0.323. The van der Waals surface area contributed by atoms with Gasteiger partial charge in [0, 0.05) is 51.2 Å². The number of methoxy groups -OCH3 is 2. The summed E-state index contributed by atoms with van der Waals surface area (Å²) in [4.78, 5) is 31.5. The molecule has 280 valence electrons. The summed E-state index contributed by atoms with van der Waals surface area (Å²) < 4.78 is 23.6. The SMILES string of the molecule is COc1ccc(CN(Cc2ccc(OC)cc2)c2cc(C)cc(-c3nc(N4CCOCC4)c4c(c3Cl)O[C@H](C(C)(C)C)C3CNCCN3C4=O)n2)cc1. The van der Waals surface area contributed by atoms with E-state index in [-0.39, 0.29) is 28.5 Å². The van der Waals surface area contributed by atoms with Crippen LogP contribution in [0.2, 0.25) is 5.02 Å². The van der Waals surface area contributed by atoms with Gasteiger partial charge >= 0.3 is 0 Å². The van der Waals surface area contributed by atoms with E-state index in [9.17, 15) is 4.79 Å². The van der Waals surface area contributed by atoms with E-state index in [1.54, 1.807) is 14.2 Å². The molecule has 2 saturated heterocycles. The van der Waals surface area contributed by atoms with E-state index in [1.807, 2.05) is 35.2 Å². The Labute approximate surface area is 317 Å². The lowest BCUT2D eigenvalue weighted by atomic mass is 9.83. The number of pyridine rings is 2. The van der Waals surface area contributed by atoms with Gasteiger partial charge in [0.05, 0.1) is 39.2 Å². The number of nitrogens with one attached hydrogen (secondary N) is 1. The summed E-state index contributed by atoms with van der Waals surface area (Å²) in [5.74, 6) is 3.18. The number of piperazine rings is 1. The van der Waals surface area contributed by atoms with E-state index >= 15 is 0 Å². The van der Waals surface area contributed by atoms with E-state index in [2.05, 4.69) is 73.1 Å². The molecule has 4 aromatic rings. The van der Waals surface area contributed by atoms with Gasteiger partial charge in [0.2, 0.25) is 0 Å². The monoisotopic (exact) mass is 740 g/mol. The number of anilines is 2. The van der Waals surface area contributed by atoms with Crippen molar-refractivity contribution in [1.82, 2.24) is 20.2 Å². The second kappa shape index (κ2) is 15.4. The van der Waals surface area contributed by atoms with Crippen molar-refractivity contribution in [3.8, 4) is 28.6 Å². The largest absolute Gasteiger partial charge is 0.497 e. The lowest BCUT2D eigenvalue weighted by Crippen LogP contribution is -2.61. The molecule has 12 heteroatoms. The second-order valence-electron chi connectivity index (χ2n) is 15.0. The fourth-order valence-corrected chi connectivity index (χ4v) is 7.69. The topological polar surface area (TPSA) is 102 Å². The molecular formula is C41H49ClN6O5. The minimum absolute atomic E-state index is 0.108. The molecule has 0 radical (unpaired) electrons. The zero-order valence-electron chi connectivity index (χ0n) is 31.4. The van der Waals surface area contributed by atoms with Gasteiger partial charge in [-0.3, -0.25) is 4.79 Å². The van der Waals surface area contributed by atoms with E-state index in [0.717, 1.165) is 34.0 Å². The minimum Gasteiger partial charge on any atom is -0.497 e. The standard InChI is InChI=1S/C41H49ClN6O5/c1-26-21-31(44-33(22-26)47(24-27-7-11-29(50-5)12-8-27)25-28-9-13-30(51-6)14-10-28)36-35(42)37-34(39(45-36)46-17-19-52-20-18-46)40(49)48-16-15-43-23-32(48)38(53-37)41(2,3)4/h7-14,21-22,32,38,43H,15-20,23-25H2,1-6H3/t32?,38-/m0/s1. The zero-order chi connectivity index (χ0) is 37.3. The number of carbonyl (C=O) groups is 1. The number of halogens is 1. The Kier molecular flexibility index (Phi) is 10.7. The third kappa shape index (κ3) is 7.74. The van der Waals surface area contributed by atoms with Crippen molar-refractivity contribution in [2.24, 2.45) is 5.41 Å². The molecule has 2 aromatic carbocycles. The first-order chi connectivity index (χ1) is 25.5. The molecule has 3 aliphatic rings. The zero-order valence-corrected chi connectivity index (χ0v) is 32.2. The predicted molar refractivity (Wildman–Crippen MR) is 208 cm³/mol. The lowest BCUT2D eigenvalue weighted by molar-refractivity contribution is 0.00236. The van der Waals surface area contributed by atoms with E-state index in [1.165, 1.54) is 0 Å². The highest BCUT2D eigenvalue weighted by Gasteiger charge is 2.47. The molecule has 0 spiro atoms. The summed E-state index contributed by atoms with van der Waals surface area (Å²) in [6.45, 7) is 13.8. The summed E-state index contributed by atoms with van der Waals surface area (Å²) in [7, 11) is 3.34. The fraction of sp³-hybridized carbons (Fsp3) is 0.439. The van der Waals surface area contributed by atoms with Crippen LogP contribution in [0.5, 0.6) is 17.2 Å². The van der Waals surface area contributed by atoms with Crippen LogP contribution in [0.4, 0.5) is 11.6 Å². The molecule has 0 saturated carbocycles. The average molecular weight is 741 g/mol. The number of morpholine rings is 1. The second-order valence-corrected chi connectivity index (χ2v) is 15.4. The van der Waals surface area contributed by atoms with Gasteiger partial charge in [-0.05, 0) is 60.0 Å². The first-order valence-electron chi connectivity index (χ1n) is 18.3. The van der Waals surface area contributed by atoms with Gasteiger partial charge in [0.15, 0.2) is 5.75 Å². The van der Waals surface area contributed by atoms with Crippen LogP contribution in [-0.2, 0) is 17.8 Å². The van der Waals surface area contributed by atoms with Gasteiger partial charge in [-0.1, -0.05) is 56.6 Å². The number of amides is 1. The van der Waals surface area contributed by atoms with E-state index in [4.69, 9.17) is 40.5 Å². The van der Waals surface area contributed by atoms with Crippen LogP contribution in [0.25, 0.3) is 11.4 Å². The third-order valence-corrected chi connectivity index (χ3v) is 10.5. The highest BCUT2D eigenvalue weighted by molar-refractivity contribution is 6.35. The molecule has 1 amide bonds. The smallest absolute Gasteiger partial charge is 0.261 e. The summed E-state index contributed by atoms with van der Waals surface area (Å²) in [6, 6.07) is 20.1. The van der Waals surface area contributed by atoms with E-state index in [0.29, 0.717) is 87.5 Å². The maximum atomic E-state index is 14.7. The van der Waals surface area contributed by atoms with Crippen molar-refractivity contribution in [2.45, 2.75) is 52.9 Å². The van der Waals surface area contributed by atoms with Gasteiger partial charge in [0.25, 0.3) is 5.91 Å². The number of aryl methyl sites for hydroxylation is 1. The van der Waals surface area contributed by atoms with Gasteiger partial charge in [-0.25, -0.2) is 9.97 Å². The first kappa shape index (κ1) is 36.8. The molecular weight excluding hydrogens is 692 g/mol. The Hall–Kier alpha value is -4.58. The molecule has 0 bridgehead atoms. The van der Waals surface area contributed by atoms with Crippen LogP contribution < -0.4 is 29.3 Å². The average Bonchev–Trinajstić information content (AvgIpc) is 3.30. The molecule has 7 rings (SSSR count). The number of nitrogens with zero attached hydrogens (tertiary/aromatic N) is 5. The third-order valence-electron chi connectivity index (χ3n) is 10.2. The van der Waals surface area contributed by atoms with Crippen LogP contribution in [0.1, 0.15) is 47.8 Å². The molecule has 1 N–H and O–H groups in total. The normalized spacial score (nSPS) is 18.8. The number of hydrogen-bond donors (Lipinski definition) is 1. The maximum Gasteiger partial charge on any atom is 0.261 e. The summed E-state index contributed by atoms with van der Waals surface area (Å²) in [5, 5.41) is 3.77. The number of carbonyl (C=O) groups excluding carboxylic acids is 1. The molecule has 11 nitrogen and oxygen atoms in total. The van der Waals surface area contributed by atoms with Crippen molar-refractivity contribution >= 4 is 29.1 Å². The van der Waals surface area contributed by atoms with Crippen LogP contribution in [-0.4, -0.2) is 93.1 Å². The quantitative estimate of drug-likeness (QED) is 0.208. The van der Waals surface area contributed by atoms with Crippen LogP contribution in [0, 0.1) is 12.3 Å². The van der Waals surface area contributed by atoms with Gasteiger partial charge in [-0.2, -0.15) is 0 Å². The highest BCUT2D eigenvalue weighted by atomic mass is 35.5. The molecule has 5 heterocycles. The number of benzene rings is 2. The number of fused-ring (bicyclic) bond motifs is 2. The molecule has 1 unspecified atom stereocenters. The van der Waals surface area contributed by atoms with Gasteiger partial charge in [0.1, 0.15) is 45.5 Å². The molecule has 2 atom stereocenters. The van der Waals surface area contributed by atoms with Crippen LogP contribution in [0.3, 0.4) is 0 Å². The molecule has 2 aromatic heterocycles. The first-order valence-corrected chi connectivity index (χ1v) is 18.7. The van der Waals surface area contributed by atoms with Crippen molar-refractivity contribution < 1.29 is 23.7 Å². The Morgan fingerprint density at radius 3 is 2.13 bits per heavy atom. The summed E-state index contributed by atoms with van der Waals surface area (Å²) >= 11 is 7.43. The Bertz CT molecular complexity index is 1880. The Morgan fingerprint density at radius 2 is 1.55 bits per heavy atom. The maximum absolute atomic E-state index is 14.7. The fourth-order valence-electron chi connectivity index (χ4n) is 7.41. The molecule has 2 fully saturated rings. The van der Waals surface area contributed by atoms with Crippen LogP contribution >= 0.6 is 11.6 Å². The number of ether oxygens (including phenoxy) is 4. The molecule has 0 aliphatic carbocycles. The predicted octanol–water partition coefficient (Wildman–Crippen LogP) is 6.39. The lowest BCUT2D eigenvalue weighted by Gasteiger charge is -2.43. The number of aromatic nitrogens is 2. The number of hydrogen-bond acceptors (Lipinski definition) is 10. The van der Waals surface area contributed by atoms with Crippen LogP contribution in [0.15, 0.2) is 60.7 Å². The Morgan fingerprint density at radius 1 is 0.925 bits per heavy atom. The number of rotatable bonds is 9. The van der Waals surface area contributed by atoms with Gasteiger partial charge in [-0.15, -0.1) is 0 Å². The minimum atomic E-state index is -0.323. The molecule has 53 heavy (non-hydrogen) atoms. The van der Waals surface area contributed by atoms with Crippen molar-refractivity contribution in [3.05, 3.63) is 87.9 Å². The van der Waals surface area contributed by atoms with E-state index < -0.39 is 0 Å². The molecule has 3 aliphatic heterocycles. The summed E-state index contributed by atoms with van der Waals surface area (Å²) in [5.41, 5.74) is 4.39. The van der Waals surface area contributed by atoms with Crippen molar-refractivity contribution in [1.29, 1.82) is 0 Å². The Balaban J connectivity index is 1.36. The van der Waals surface area contributed by atoms with Gasteiger partial charge < -0.3 is 39.0 Å². The highest BCUT2D eigenvalue weighted by Crippen LogP contribution is 2.46. The van der Waals surface area contributed by atoms with Crippen molar-refractivity contribution in [3.63, 3.8) is 0 Å². The van der Waals surface area contributed by atoms with Crippen molar-refractivity contribution in [2.75, 3.05) is 70.0 Å².